The Morgan fingerprint density at radius 3 is 2.88 bits per heavy atom. The van der Waals surface area contributed by atoms with Crippen LogP contribution in [0.5, 0.6) is 0 Å². The van der Waals surface area contributed by atoms with Crippen LogP contribution in [0.1, 0.15) is 6.92 Å². The molecule has 25 heavy (non-hydrogen) atoms. The second kappa shape index (κ2) is 7.31. The first kappa shape index (κ1) is 16.9. The molecule has 0 bridgehead atoms. The minimum Gasteiger partial charge on any atom is -0.369 e. The molecule has 2 heterocycles. The van der Waals surface area contributed by atoms with E-state index in [1.54, 1.807) is 10.7 Å². The van der Waals surface area contributed by atoms with Gasteiger partial charge in [0.05, 0.1) is 6.20 Å². The van der Waals surface area contributed by atoms with Gasteiger partial charge in [0.15, 0.2) is 5.65 Å². The lowest BCUT2D eigenvalue weighted by molar-refractivity contribution is -0.114. The van der Waals surface area contributed by atoms with Gasteiger partial charge in [-0.25, -0.2) is 9.50 Å². The van der Waals surface area contributed by atoms with Gasteiger partial charge in [-0.15, -0.1) is 0 Å². The third-order valence-electron chi connectivity index (χ3n) is 3.73. The van der Waals surface area contributed by atoms with Crippen LogP contribution in [0.15, 0.2) is 42.7 Å². The summed E-state index contributed by atoms with van der Waals surface area (Å²) in [6.45, 7) is 3.24. The van der Waals surface area contributed by atoms with Crippen LogP contribution >= 0.6 is 0 Å². The van der Waals surface area contributed by atoms with Gasteiger partial charge in [0.1, 0.15) is 5.82 Å². The summed E-state index contributed by atoms with van der Waals surface area (Å²) in [5.74, 6) is 0.719. The van der Waals surface area contributed by atoms with E-state index in [4.69, 9.17) is 0 Å². The molecule has 0 radical (unpaired) electrons. The Labute approximate surface area is 146 Å². The Morgan fingerprint density at radius 2 is 2.12 bits per heavy atom. The number of aromatic nitrogens is 3. The van der Waals surface area contributed by atoms with Crippen molar-refractivity contribution in [3.63, 3.8) is 0 Å². The topological polar surface area (TPSA) is 74.6 Å². The molecule has 0 saturated carbocycles. The minimum absolute atomic E-state index is 0.0949. The van der Waals surface area contributed by atoms with Crippen molar-refractivity contribution in [3.05, 3.63) is 42.7 Å². The number of carbonyl (C=O) groups excluding carboxylic acids is 1. The number of benzene rings is 1. The summed E-state index contributed by atoms with van der Waals surface area (Å²) in [5, 5.41) is 10.5. The maximum Gasteiger partial charge on any atom is 0.221 e. The number of nitrogens with one attached hydrogen (secondary N) is 2. The number of nitrogens with zero attached hydrogens (tertiary/aromatic N) is 4. The van der Waals surface area contributed by atoms with E-state index in [2.05, 4.69) is 25.6 Å². The van der Waals surface area contributed by atoms with Gasteiger partial charge in [-0.1, -0.05) is 12.1 Å². The Hall–Kier alpha value is -2.93. The number of fused-ring (bicyclic) bond motifs is 1. The number of anilines is 2. The van der Waals surface area contributed by atoms with Crippen LogP contribution in [0.4, 0.5) is 11.5 Å². The quantitative estimate of drug-likeness (QED) is 0.721. The van der Waals surface area contributed by atoms with Crippen LogP contribution in [0.2, 0.25) is 0 Å². The molecule has 0 saturated heterocycles. The van der Waals surface area contributed by atoms with Gasteiger partial charge in [0, 0.05) is 37.5 Å². The van der Waals surface area contributed by atoms with E-state index in [1.165, 1.54) is 6.92 Å². The number of hydrogen-bond acceptors (Lipinski definition) is 5. The highest BCUT2D eigenvalue weighted by atomic mass is 16.1. The van der Waals surface area contributed by atoms with Crippen molar-refractivity contribution in [2.24, 2.45) is 0 Å². The second-order valence-corrected chi connectivity index (χ2v) is 6.13. The fourth-order valence-corrected chi connectivity index (χ4v) is 2.55. The van der Waals surface area contributed by atoms with E-state index in [0.29, 0.717) is 0 Å². The molecule has 1 amide bonds. The molecule has 0 atom stereocenters. The normalized spacial score (nSPS) is 11.0. The highest BCUT2D eigenvalue weighted by molar-refractivity contribution is 5.90. The van der Waals surface area contributed by atoms with Crippen LogP contribution in [-0.2, 0) is 4.79 Å². The van der Waals surface area contributed by atoms with E-state index < -0.39 is 0 Å². The zero-order valence-electron chi connectivity index (χ0n) is 14.7. The maximum absolute atomic E-state index is 11.3. The summed E-state index contributed by atoms with van der Waals surface area (Å²) in [4.78, 5) is 18.1. The zero-order valence-corrected chi connectivity index (χ0v) is 14.7. The fourth-order valence-electron chi connectivity index (χ4n) is 2.55. The molecule has 1 aromatic carbocycles. The van der Waals surface area contributed by atoms with Crippen LogP contribution < -0.4 is 10.6 Å². The van der Waals surface area contributed by atoms with Crippen molar-refractivity contribution in [3.8, 4) is 11.1 Å². The SMILES string of the molecule is CC(=O)Nc1cccc(-c2cnn3ccc(NCCN(C)C)nc23)c1. The van der Waals surface area contributed by atoms with Crippen LogP contribution in [0, 0.1) is 0 Å². The van der Waals surface area contributed by atoms with E-state index in [9.17, 15) is 4.79 Å². The Morgan fingerprint density at radius 1 is 1.28 bits per heavy atom. The Balaban J connectivity index is 1.90. The molecule has 0 aliphatic carbocycles. The van der Waals surface area contributed by atoms with E-state index in [1.807, 2.05) is 50.6 Å². The summed E-state index contributed by atoms with van der Waals surface area (Å²) in [6, 6.07) is 9.58. The third kappa shape index (κ3) is 4.13. The molecule has 7 nitrogen and oxygen atoms in total. The number of likely N-dealkylation sites (N-methyl/N-ethyl adjacent to an activating group) is 1. The van der Waals surface area contributed by atoms with Crippen molar-refractivity contribution in [2.75, 3.05) is 37.8 Å². The summed E-state index contributed by atoms with van der Waals surface area (Å²) >= 11 is 0. The van der Waals surface area contributed by atoms with Gasteiger partial charge in [-0.3, -0.25) is 4.79 Å². The zero-order chi connectivity index (χ0) is 17.8. The minimum atomic E-state index is -0.0949. The first-order valence-electron chi connectivity index (χ1n) is 8.14. The summed E-state index contributed by atoms with van der Waals surface area (Å²) in [7, 11) is 4.07. The molecule has 0 aliphatic rings. The number of carbonyl (C=O) groups is 1. The van der Waals surface area contributed by atoms with Crippen molar-refractivity contribution in [2.45, 2.75) is 6.92 Å². The maximum atomic E-state index is 11.3. The lowest BCUT2D eigenvalue weighted by Crippen LogP contribution is -2.21. The first-order chi connectivity index (χ1) is 12.0. The van der Waals surface area contributed by atoms with Crippen LogP contribution in [0.3, 0.4) is 0 Å². The summed E-state index contributed by atoms with van der Waals surface area (Å²) in [6.07, 6.45) is 3.68. The van der Waals surface area contributed by atoms with Gasteiger partial charge >= 0.3 is 0 Å². The third-order valence-corrected chi connectivity index (χ3v) is 3.73. The first-order valence-corrected chi connectivity index (χ1v) is 8.14. The molecule has 0 fully saturated rings. The van der Waals surface area contributed by atoms with E-state index >= 15 is 0 Å². The van der Waals surface area contributed by atoms with Crippen molar-refractivity contribution < 1.29 is 4.79 Å². The van der Waals surface area contributed by atoms with Crippen molar-refractivity contribution in [1.29, 1.82) is 0 Å². The van der Waals surface area contributed by atoms with Crippen molar-refractivity contribution in [1.82, 2.24) is 19.5 Å². The number of rotatable bonds is 6. The molecule has 130 valence electrons. The molecular formula is C18H22N6O. The average molecular weight is 338 g/mol. The molecule has 2 aromatic heterocycles. The number of amides is 1. The molecule has 0 unspecified atom stereocenters. The summed E-state index contributed by atoms with van der Waals surface area (Å²) in [5.41, 5.74) is 3.40. The van der Waals surface area contributed by atoms with Gasteiger partial charge in [-0.2, -0.15) is 5.10 Å². The van der Waals surface area contributed by atoms with E-state index in [-0.39, 0.29) is 5.91 Å². The van der Waals surface area contributed by atoms with Gasteiger partial charge in [0.2, 0.25) is 5.91 Å². The molecule has 0 aliphatic heterocycles. The standard InChI is InChI=1S/C18H22N6O/c1-13(25)21-15-6-4-5-14(11-15)16-12-20-24-9-7-17(22-18(16)24)19-8-10-23(2)3/h4-7,9,11-12H,8,10H2,1-3H3,(H,19,22)(H,21,25). The van der Waals surface area contributed by atoms with Crippen LogP contribution in [-0.4, -0.2) is 52.6 Å². The second-order valence-electron chi connectivity index (χ2n) is 6.13. The molecule has 0 spiro atoms. The van der Waals surface area contributed by atoms with Gasteiger partial charge in [0.25, 0.3) is 0 Å². The predicted octanol–water partition coefficient (Wildman–Crippen LogP) is 2.33. The van der Waals surface area contributed by atoms with Crippen LogP contribution in [0.25, 0.3) is 16.8 Å². The highest BCUT2D eigenvalue weighted by Crippen LogP contribution is 2.26. The predicted molar refractivity (Wildman–Crippen MR) is 99.8 cm³/mol. The molecule has 3 aromatic rings. The molecule has 3 rings (SSSR count). The summed E-state index contributed by atoms with van der Waals surface area (Å²) < 4.78 is 1.75. The van der Waals surface area contributed by atoms with Crippen molar-refractivity contribution >= 4 is 23.1 Å². The Bertz CT molecular complexity index is 886. The average Bonchev–Trinajstić information content (AvgIpc) is 2.97. The highest BCUT2D eigenvalue weighted by Gasteiger charge is 2.10. The van der Waals surface area contributed by atoms with E-state index in [0.717, 1.165) is 41.4 Å². The fraction of sp³-hybridized carbons (Fsp3) is 0.278. The Kier molecular flexibility index (Phi) is 4.95. The van der Waals surface area contributed by atoms with Gasteiger partial charge in [-0.05, 0) is 37.9 Å². The smallest absolute Gasteiger partial charge is 0.221 e. The molecular weight excluding hydrogens is 316 g/mol. The molecule has 2 N–H and O–H groups in total. The largest absolute Gasteiger partial charge is 0.369 e. The molecule has 7 heteroatoms. The van der Waals surface area contributed by atoms with Gasteiger partial charge < -0.3 is 15.5 Å². The lowest BCUT2D eigenvalue weighted by atomic mass is 10.1. The lowest BCUT2D eigenvalue weighted by Gasteiger charge is -2.11. The monoisotopic (exact) mass is 338 g/mol. The number of hydrogen-bond donors (Lipinski definition) is 2.